The lowest BCUT2D eigenvalue weighted by Crippen LogP contribution is -2.37. The molecule has 0 unspecified atom stereocenters. The van der Waals surface area contributed by atoms with Crippen LogP contribution in [0.25, 0.3) is 0 Å². The maximum absolute atomic E-state index is 11.8. The number of nitrogens with one attached hydrogen (secondary N) is 2. The number of anilines is 1. The van der Waals surface area contributed by atoms with Crippen LogP contribution in [0.3, 0.4) is 0 Å². The molecule has 0 aliphatic carbocycles. The summed E-state index contributed by atoms with van der Waals surface area (Å²) in [5.41, 5.74) is 5.44. The summed E-state index contributed by atoms with van der Waals surface area (Å²) in [6.45, 7) is 2.22. The summed E-state index contributed by atoms with van der Waals surface area (Å²) in [4.78, 5) is 33.2. The molecule has 0 atom stereocenters. The minimum Gasteiger partial charge on any atom is -0.398 e. The third kappa shape index (κ3) is 4.23. The van der Waals surface area contributed by atoms with Crippen molar-refractivity contribution in [3.05, 3.63) is 33.9 Å². The third-order valence-corrected chi connectivity index (χ3v) is 2.47. The lowest BCUT2D eigenvalue weighted by Gasteiger charge is -2.07. The van der Waals surface area contributed by atoms with Crippen molar-refractivity contribution in [2.75, 3.05) is 18.8 Å². The Morgan fingerprint density at radius 3 is 2.65 bits per heavy atom. The quantitative estimate of drug-likeness (QED) is 0.395. The molecule has 0 saturated carbocycles. The number of nitro benzene ring substituents is 1. The predicted octanol–water partition coefficient (Wildman–Crippen LogP) is 0.433. The molecule has 8 nitrogen and oxygen atoms in total. The van der Waals surface area contributed by atoms with Crippen LogP contribution in [-0.2, 0) is 4.79 Å². The number of nitrogens with zero attached hydrogens (tertiary/aromatic N) is 1. The van der Waals surface area contributed by atoms with Crippen LogP contribution >= 0.6 is 0 Å². The number of hydrogen-bond donors (Lipinski definition) is 3. The van der Waals surface area contributed by atoms with E-state index in [-0.39, 0.29) is 29.4 Å². The van der Waals surface area contributed by atoms with Gasteiger partial charge < -0.3 is 16.4 Å². The number of rotatable bonds is 6. The molecule has 0 aromatic heterocycles. The van der Waals surface area contributed by atoms with E-state index in [9.17, 15) is 19.7 Å². The average molecular weight is 280 g/mol. The van der Waals surface area contributed by atoms with E-state index in [2.05, 4.69) is 10.6 Å². The minimum absolute atomic E-state index is 0.0255. The number of nitrogen functional groups attached to an aromatic ring is 1. The van der Waals surface area contributed by atoms with E-state index in [0.29, 0.717) is 6.54 Å². The highest BCUT2D eigenvalue weighted by atomic mass is 16.6. The fourth-order valence-corrected chi connectivity index (χ4v) is 1.44. The number of nitro groups is 1. The van der Waals surface area contributed by atoms with Gasteiger partial charge in [0.1, 0.15) is 0 Å². The smallest absolute Gasteiger partial charge is 0.270 e. The highest BCUT2D eigenvalue weighted by Gasteiger charge is 2.15. The van der Waals surface area contributed by atoms with Crippen LogP contribution in [0, 0.1) is 10.1 Å². The van der Waals surface area contributed by atoms with E-state index in [1.807, 2.05) is 6.92 Å². The first-order valence-electron chi connectivity index (χ1n) is 6.04. The Labute approximate surface area is 115 Å². The Balaban J connectivity index is 2.70. The van der Waals surface area contributed by atoms with E-state index in [0.717, 1.165) is 12.5 Å². The van der Waals surface area contributed by atoms with Gasteiger partial charge in [-0.05, 0) is 12.5 Å². The monoisotopic (exact) mass is 280 g/mol. The van der Waals surface area contributed by atoms with Crippen molar-refractivity contribution in [2.24, 2.45) is 0 Å². The molecule has 20 heavy (non-hydrogen) atoms. The number of hydrogen-bond acceptors (Lipinski definition) is 5. The van der Waals surface area contributed by atoms with Gasteiger partial charge in [0.05, 0.1) is 17.0 Å². The Hall–Kier alpha value is -2.64. The summed E-state index contributed by atoms with van der Waals surface area (Å²) in [5.74, 6) is -0.956. The van der Waals surface area contributed by atoms with Gasteiger partial charge in [-0.1, -0.05) is 6.92 Å². The molecule has 0 radical (unpaired) electrons. The van der Waals surface area contributed by atoms with E-state index in [4.69, 9.17) is 5.73 Å². The van der Waals surface area contributed by atoms with Crippen LogP contribution in [0.1, 0.15) is 23.7 Å². The number of benzene rings is 1. The Morgan fingerprint density at radius 2 is 2.05 bits per heavy atom. The Bertz CT molecular complexity index is 530. The van der Waals surface area contributed by atoms with Gasteiger partial charge in [0.2, 0.25) is 5.91 Å². The zero-order valence-corrected chi connectivity index (χ0v) is 11.0. The van der Waals surface area contributed by atoms with E-state index in [1.165, 1.54) is 12.1 Å². The minimum atomic E-state index is -0.627. The molecule has 0 spiro atoms. The maximum Gasteiger partial charge on any atom is 0.270 e. The summed E-state index contributed by atoms with van der Waals surface area (Å²) in [6, 6.07) is 3.57. The number of carbonyl (C=O) groups excluding carboxylic acids is 2. The first-order chi connectivity index (χ1) is 9.45. The fraction of sp³-hybridized carbons (Fsp3) is 0.333. The molecular weight excluding hydrogens is 264 g/mol. The van der Waals surface area contributed by atoms with Crippen molar-refractivity contribution in [2.45, 2.75) is 13.3 Å². The van der Waals surface area contributed by atoms with Crippen LogP contribution in [0.5, 0.6) is 0 Å². The molecule has 0 fully saturated rings. The second-order valence-electron chi connectivity index (χ2n) is 4.06. The van der Waals surface area contributed by atoms with Crippen LogP contribution in [0.4, 0.5) is 11.4 Å². The third-order valence-electron chi connectivity index (χ3n) is 2.47. The number of amides is 2. The lowest BCUT2D eigenvalue weighted by molar-refractivity contribution is -0.384. The fourth-order valence-electron chi connectivity index (χ4n) is 1.44. The van der Waals surface area contributed by atoms with Crippen LogP contribution in [0.15, 0.2) is 18.2 Å². The molecule has 108 valence electrons. The van der Waals surface area contributed by atoms with E-state index >= 15 is 0 Å². The van der Waals surface area contributed by atoms with Crippen LogP contribution < -0.4 is 16.4 Å². The largest absolute Gasteiger partial charge is 0.398 e. The molecule has 1 aromatic rings. The van der Waals surface area contributed by atoms with Crippen LogP contribution in [-0.4, -0.2) is 29.8 Å². The summed E-state index contributed by atoms with van der Waals surface area (Å²) in [7, 11) is 0. The zero-order chi connectivity index (χ0) is 15.1. The van der Waals surface area contributed by atoms with E-state index < -0.39 is 10.8 Å². The lowest BCUT2D eigenvalue weighted by atomic mass is 10.1. The molecule has 2 amide bonds. The second-order valence-corrected chi connectivity index (χ2v) is 4.06. The van der Waals surface area contributed by atoms with E-state index in [1.54, 1.807) is 0 Å². The molecular formula is C12H16N4O4. The topological polar surface area (TPSA) is 127 Å². The van der Waals surface area contributed by atoms with Gasteiger partial charge in [0.25, 0.3) is 11.6 Å². The summed E-state index contributed by atoms with van der Waals surface area (Å²) in [6.07, 6.45) is 0.789. The first-order valence-corrected chi connectivity index (χ1v) is 6.04. The molecule has 0 heterocycles. The molecule has 0 bridgehead atoms. The normalized spacial score (nSPS) is 9.85. The highest BCUT2D eigenvalue weighted by Crippen LogP contribution is 2.19. The van der Waals surface area contributed by atoms with Crippen LogP contribution in [0.2, 0.25) is 0 Å². The standard InChI is InChI=1S/C12H16N4O4/c1-2-5-14-11(17)7-15-12(18)9-6-8(16(19)20)3-4-10(9)13/h3-4,6H,2,5,7,13H2,1H3,(H,14,17)(H,15,18). The molecule has 0 aliphatic rings. The number of carbonyl (C=O) groups is 2. The van der Waals surface area contributed by atoms with Crippen molar-refractivity contribution in [3.63, 3.8) is 0 Å². The SMILES string of the molecule is CCCNC(=O)CNC(=O)c1cc([N+](=O)[O-])ccc1N. The average Bonchev–Trinajstić information content (AvgIpc) is 2.42. The molecule has 8 heteroatoms. The summed E-state index contributed by atoms with van der Waals surface area (Å²) in [5, 5.41) is 15.6. The van der Waals surface area contributed by atoms with Crippen molar-refractivity contribution in [3.8, 4) is 0 Å². The van der Waals surface area contributed by atoms with Crippen molar-refractivity contribution in [1.29, 1.82) is 0 Å². The number of nitrogens with two attached hydrogens (primary N) is 1. The highest BCUT2D eigenvalue weighted by molar-refractivity contribution is 6.01. The van der Waals surface area contributed by atoms with Gasteiger partial charge in [-0.3, -0.25) is 19.7 Å². The zero-order valence-electron chi connectivity index (χ0n) is 11.0. The van der Waals surface area contributed by atoms with Crippen molar-refractivity contribution < 1.29 is 14.5 Å². The van der Waals surface area contributed by atoms with Gasteiger partial charge >= 0.3 is 0 Å². The second kappa shape index (κ2) is 7.07. The Kier molecular flexibility index (Phi) is 5.45. The van der Waals surface area contributed by atoms with Gasteiger partial charge in [-0.25, -0.2) is 0 Å². The molecule has 0 aliphatic heterocycles. The molecule has 1 aromatic carbocycles. The van der Waals surface area contributed by atoms with Crippen molar-refractivity contribution in [1.82, 2.24) is 10.6 Å². The predicted molar refractivity (Wildman–Crippen MR) is 73.1 cm³/mol. The first kappa shape index (κ1) is 15.4. The van der Waals surface area contributed by atoms with Gasteiger partial charge in [0, 0.05) is 24.4 Å². The molecule has 1 rings (SSSR count). The van der Waals surface area contributed by atoms with Crippen molar-refractivity contribution >= 4 is 23.2 Å². The maximum atomic E-state index is 11.8. The summed E-state index contributed by atoms with van der Waals surface area (Å²) < 4.78 is 0. The van der Waals surface area contributed by atoms with Gasteiger partial charge in [-0.15, -0.1) is 0 Å². The number of non-ortho nitro benzene ring substituents is 1. The molecule has 4 N–H and O–H groups in total. The van der Waals surface area contributed by atoms with Gasteiger partial charge in [0.15, 0.2) is 0 Å². The molecule has 0 saturated heterocycles. The summed E-state index contributed by atoms with van der Waals surface area (Å²) >= 11 is 0. The van der Waals surface area contributed by atoms with Gasteiger partial charge in [-0.2, -0.15) is 0 Å². The Morgan fingerprint density at radius 1 is 1.35 bits per heavy atom.